The molecular formula is C28H25BrN2O3. The van der Waals surface area contributed by atoms with Gasteiger partial charge in [-0.05, 0) is 68.3 Å². The quantitative estimate of drug-likeness (QED) is 0.277. The number of esters is 1. The third-order valence-corrected chi connectivity index (χ3v) is 5.93. The average Bonchev–Trinajstić information content (AvgIpc) is 2.83. The van der Waals surface area contributed by atoms with Crippen molar-refractivity contribution in [2.45, 2.75) is 27.2 Å². The fraction of sp³-hybridized carbons (Fsp3) is 0.179. The standard InChI is InChI=1S/C28H25BrN2O3/c1-4-13-34-28(33)20-9-11-22(12-10-20)30-27(32)24-16-25(19-7-5-17(2)6-8-19)31-26-18(3)14-21(29)15-23(24)26/h5-12,14-16H,4,13H2,1-3H3,(H,30,32). The van der Waals surface area contributed by atoms with Gasteiger partial charge in [0.05, 0.1) is 28.9 Å². The number of ether oxygens (including phenoxy) is 1. The molecule has 0 aliphatic rings. The van der Waals surface area contributed by atoms with Crippen LogP contribution < -0.4 is 5.32 Å². The van der Waals surface area contributed by atoms with E-state index < -0.39 is 0 Å². The number of carbonyl (C=O) groups excluding carboxylic acids is 2. The molecule has 0 atom stereocenters. The molecule has 0 fully saturated rings. The zero-order valence-corrected chi connectivity index (χ0v) is 20.9. The number of nitrogens with one attached hydrogen (secondary N) is 1. The summed E-state index contributed by atoms with van der Waals surface area (Å²) in [7, 11) is 0. The minimum absolute atomic E-state index is 0.250. The Morgan fingerprint density at radius 1 is 0.971 bits per heavy atom. The van der Waals surface area contributed by atoms with Crippen LogP contribution in [-0.4, -0.2) is 23.5 Å². The van der Waals surface area contributed by atoms with Crippen molar-refractivity contribution in [3.05, 3.63) is 93.5 Å². The second-order valence-corrected chi connectivity index (χ2v) is 9.12. The number of hydrogen-bond acceptors (Lipinski definition) is 4. The number of fused-ring (bicyclic) bond motifs is 1. The van der Waals surface area contributed by atoms with E-state index in [9.17, 15) is 9.59 Å². The molecule has 0 saturated carbocycles. The predicted molar refractivity (Wildman–Crippen MR) is 139 cm³/mol. The number of amides is 1. The zero-order valence-electron chi connectivity index (χ0n) is 19.3. The first-order valence-electron chi connectivity index (χ1n) is 11.1. The van der Waals surface area contributed by atoms with Gasteiger partial charge in [-0.3, -0.25) is 4.79 Å². The van der Waals surface area contributed by atoms with E-state index in [-0.39, 0.29) is 11.9 Å². The molecule has 3 aromatic carbocycles. The molecule has 1 aromatic heterocycles. The number of hydrogen-bond donors (Lipinski definition) is 1. The van der Waals surface area contributed by atoms with Crippen molar-refractivity contribution in [1.29, 1.82) is 0 Å². The minimum atomic E-state index is -0.372. The number of carbonyl (C=O) groups is 2. The number of halogens is 1. The van der Waals surface area contributed by atoms with Gasteiger partial charge < -0.3 is 10.1 Å². The number of nitrogens with zero attached hydrogens (tertiary/aromatic N) is 1. The third kappa shape index (κ3) is 5.18. The number of aryl methyl sites for hydroxylation is 2. The van der Waals surface area contributed by atoms with E-state index in [4.69, 9.17) is 9.72 Å². The van der Waals surface area contributed by atoms with Crippen LogP contribution in [0.25, 0.3) is 22.2 Å². The first-order valence-corrected chi connectivity index (χ1v) is 11.9. The Morgan fingerprint density at radius 2 is 1.68 bits per heavy atom. The molecule has 34 heavy (non-hydrogen) atoms. The smallest absolute Gasteiger partial charge is 0.338 e. The summed E-state index contributed by atoms with van der Waals surface area (Å²) in [5.74, 6) is -0.623. The van der Waals surface area contributed by atoms with Crippen LogP contribution in [0, 0.1) is 13.8 Å². The van der Waals surface area contributed by atoms with Crippen molar-refractivity contribution in [2.75, 3.05) is 11.9 Å². The van der Waals surface area contributed by atoms with Gasteiger partial charge in [0.15, 0.2) is 0 Å². The maximum Gasteiger partial charge on any atom is 0.338 e. The fourth-order valence-corrected chi connectivity index (χ4v) is 4.25. The lowest BCUT2D eigenvalue weighted by atomic mass is 10.0. The Balaban J connectivity index is 1.70. The summed E-state index contributed by atoms with van der Waals surface area (Å²) in [6.45, 7) is 6.34. The normalized spacial score (nSPS) is 10.8. The first kappa shape index (κ1) is 23.6. The van der Waals surface area contributed by atoms with E-state index in [1.807, 2.05) is 63.2 Å². The SMILES string of the molecule is CCCOC(=O)c1ccc(NC(=O)c2cc(-c3ccc(C)cc3)nc3c(C)cc(Br)cc23)cc1. The predicted octanol–water partition coefficient (Wildman–Crippen LogP) is 7.10. The molecule has 4 rings (SSSR count). The van der Waals surface area contributed by atoms with Gasteiger partial charge in [-0.1, -0.05) is 52.7 Å². The monoisotopic (exact) mass is 516 g/mol. The molecule has 0 saturated heterocycles. The van der Waals surface area contributed by atoms with Crippen LogP contribution >= 0.6 is 15.9 Å². The average molecular weight is 517 g/mol. The third-order valence-electron chi connectivity index (χ3n) is 5.48. The highest BCUT2D eigenvalue weighted by molar-refractivity contribution is 9.10. The van der Waals surface area contributed by atoms with Gasteiger partial charge in [-0.25, -0.2) is 9.78 Å². The van der Waals surface area contributed by atoms with Gasteiger partial charge in [-0.2, -0.15) is 0 Å². The number of pyridine rings is 1. The molecule has 0 aliphatic carbocycles. The van der Waals surface area contributed by atoms with Gasteiger partial charge in [-0.15, -0.1) is 0 Å². The van der Waals surface area contributed by atoms with Crippen molar-refractivity contribution in [3.8, 4) is 11.3 Å². The molecule has 6 heteroatoms. The summed E-state index contributed by atoms with van der Waals surface area (Å²) in [5.41, 5.74) is 6.15. The van der Waals surface area contributed by atoms with E-state index in [0.29, 0.717) is 23.4 Å². The Bertz CT molecular complexity index is 1360. The van der Waals surface area contributed by atoms with Gasteiger partial charge in [0, 0.05) is 21.1 Å². The van der Waals surface area contributed by atoms with Gasteiger partial charge in [0.1, 0.15) is 0 Å². The zero-order chi connectivity index (χ0) is 24.2. The summed E-state index contributed by atoms with van der Waals surface area (Å²) in [5, 5.41) is 3.72. The van der Waals surface area contributed by atoms with Crippen LogP contribution in [0.5, 0.6) is 0 Å². The van der Waals surface area contributed by atoms with E-state index in [1.54, 1.807) is 24.3 Å². The Labute approximate surface area is 207 Å². The maximum absolute atomic E-state index is 13.4. The molecule has 1 N–H and O–H groups in total. The minimum Gasteiger partial charge on any atom is -0.462 e. The van der Waals surface area contributed by atoms with E-state index in [0.717, 1.165) is 44.2 Å². The number of aromatic nitrogens is 1. The molecule has 4 aromatic rings. The molecule has 0 unspecified atom stereocenters. The highest BCUT2D eigenvalue weighted by Gasteiger charge is 2.17. The van der Waals surface area contributed by atoms with Crippen LogP contribution in [-0.2, 0) is 4.74 Å². The van der Waals surface area contributed by atoms with Gasteiger partial charge in [0.25, 0.3) is 5.91 Å². The largest absolute Gasteiger partial charge is 0.462 e. The molecule has 172 valence electrons. The van der Waals surface area contributed by atoms with Crippen LogP contribution in [0.2, 0.25) is 0 Å². The highest BCUT2D eigenvalue weighted by Crippen LogP contribution is 2.30. The lowest BCUT2D eigenvalue weighted by molar-refractivity contribution is 0.0505. The van der Waals surface area contributed by atoms with E-state index in [1.165, 1.54) is 0 Å². The van der Waals surface area contributed by atoms with Crippen LogP contribution in [0.3, 0.4) is 0 Å². The maximum atomic E-state index is 13.4. The Kier molecular flexibility index (Phi) is 7.08. The lowest BCUT2D eigenvalue weighted by Crippen LogP contribution is -2.14. The van der Waals surface area contributed by atoms with Crippen molar-refractivity contribution in [1.82, 2.24) is 4.98 Å². The fourth-order valence-electron chi connectivity index (χ4n) is 3.68. The number of rotatable bonds is 6. The molecule has 1 amide bonds. The van der Waals surface area contributed by atoms with Crippen LogP contribution in [0.4, 0.5) is 5.69 Å². The summed E-state index contributed by atoms with van der Waals surface area (Å²) in [4.78, 5) is 30.3. The van der Waals surface area contributed by atoms with Crippen molar-refractivity contribution >= 4 is 44.4 Å². The molecule has 0 radical (unpaired) electrons. The topological polar surface area (TPSA) is 68.3 Å². The molecule has 0 aliphatic heterocycles. The molecule has 5 nitrogen and oxygen atoms in total. The Morgan fingerprint density at radius 3 is 2.35 bits per heavy atom. The number of anilines is 1. The Hall–Kier alpha value is -3.51. The highest BCUT2D eigenvalue weighted by atomic mass is 79.9. The van der Waals surface area contributed by atoms with Crippen molar-refractivity contribution < 1.29 is 14.3 Å². The second-order valence-electron chi connectivity index (χ2n) is 8.21. The molecular weight excluding hydrogens is 492 g/mol. The first-order chi connectivity index (χ1) is 16.4. The molecule has 1 heterocycles. The van der Waals surface area contributed by atoms with E-state index >= 15 is 0 Å². The lowest BCUT2D eigenvalue weighted by Gasteiger charge is -2.13. The van der Waals surface area contributed by atoms with Gasteiger partial charge in [0.2, 0.25) is 0 Å². The van der Waals surface area contributed by atoms with Crippen LogP contribution in [0.1, 0.15) is 45.2 Å². The summed E-state index contributed by atoms with van der Waals surface area (Å²) in [6.07, 6.45) is 0.764. The molecule has 0 bridgehead atoms. The number of benzene rings is 3. The second kappa shape index (κ2) is 10.2. The van der Waals surface area contributed by atoms with Gasteiger partial charge >= 0.3 is 5.97 Å². The summed E-state index contributed by atoms with van der Waals surface area (Å²) < 4.78 is 6.04. The van der Waals surface area contributed by atoms with Crippen molar-refractivity contribution in [3.63, 3.8) is 0 Å². The van der Waals surface area contributed by atoms with E-state index in [2.05, 4.69) is 21.2 Å². The van der Waals surface area contributed by atoms with Crippen molar-refractivity contribution in [2.24, 2.45) is 0 Å². The van der Waals surface area contributed by atoms with Crippen LogP contribution in [0.15, 0.2) is 71.2 Å². The summed E-state index contributed by atoms with van der Waals surface area (Å²) >= 11 is 3.54. The summed E-state index contributed by atoms with van der Waals surface area (Å²) in [6, 6.07) is 20.5. The molecule has 0 spiro atoms.